The van der Waals surface area contributed by atoms with Crippen LogP contribution in [0.2, 0.25) is 0 Å². The molecule has 2 amide bonds. The summed E-state index contributed by atoms with van der Waals surface area (Å²) in [6, 6.07) is 17.6. The van der Waals surface area contributed by atoms with E-state index in [1.54, 1.807) is 29.6 Å². The lowest BCUT2D eigenvalue weighted by atomic mass is 10.1. The lowest BCUT2D eigenvalue weighted by Gasteiger charge is -2.06. The molecule has 35 heavy (non-hydrogen) atoms. The van der Waals surface area contributed by atoms with E-state index in [1.807, 2.05) is 0 Å². The van der Waals surface area contributed by atoms with Crippen LogP contribution in [0.1, 0.15) is 20.7 Å². The smallest absolute Gasteiger partial charge is 0.270 e. The summed E-state index contributed by atoms with van der Waals surface area (Å²) in [5, 5.41) is 29.2. The van der Waals surface area contributed by atoms with Crippen LogP contribution in [0.3, 0.4) is 0 Å². The van der Waals surface area contributed by atoms with Crippen LogP contribution in [-0.2, 0) is 0 Å². The van der Waals surface area contributed by atoms with E-state index in [4.69, 9.17) is 0 Å². The van der Waals surface area contributed by atoms with Crippen molar-refractivity contribution in [2.45, 2.75) is 0 Å². The third kappa shape index (κ3) is 5.51. The highest BCUT2D eigenvalue weighted by Gasteiger charge is 2.15. The third-order valence-electron chi connectivity index (χ3n) is 4.80. The molecule has 0 spiro atoms. The van der Waals surface area contributed by atoms with Gasteiger partial charge in [0, 0.05) is 52.0 Å². The summed E-state index contributed by atoms with van der Waals surface area (Å²) in [6.07, 6.45) is 0. The van der Waals surface area contributed by atoms with Crippen molar-refractivity contribution < 1.29 is 19.4 Å². The first-order chi connectivity index (χ1) is 16.8. The van der Waals surface area contributed by atoms with E-state index >= 15 is 0 Å². The van der Waals surface area contributed by atoms with Gasteiger partial charge in [-0.2, -0.15) is 0 Å². The fourth-order valence-electron chi connectivity index (χ4n) is 3.08. The van der Waals surface area contributed by atoms with E-state index in [0.29, 0.717) is 16.5 Å². The number of carbonyl (C=O) groups is 2. The first-order valence-electron chi connectivity index (χ1n) is 9.98. The van der Waals surface area contributed by atoms with Crippen molar-refractivity contribution in [1.29, 1.82) is 0 Å². The maximum Gasteiger partial charge on any atom is 0.270 e. The van der Waals surface area contributed by atoms with Crippen molar-refractivity contribution in [3.63, 3.8) is 0 Å². The van der Waals surface area contributed by atoms with Gasteiger partial charge in [0.2, 0.25) is 0 Å². The zero-order valence-electron chi connectivity index (χ0n) is 17.7. The van der Waals surface area contributed by atoms with Crippen molar-refractivity contribution in [3.05, 3.63) is 110 Å². The normalized spacial score (nSPS) is 10.4. The predicted octanol–water partition coefficient (Wildman–Crippen LogP) is 5.13. The second kappa shape index (κ2) is 9.89. The molecule has 174 valence electrons. The zero-order chi connectivity index (χ0) is 24.9. The number of benzene rings is 3. The van der Waals surface area contributed by atoms with Gasteiger partial charge in [-0.25, -0.2) is 4.98 Å². The van der Waals surface area contributed by atoms with E-state index in [0.717, 1.165) is 5.56 Å². The largest absolute Gasteiger partial charge is 0.322 e. The highest BCUT2D eigenvalue weighted by atomic mass is 32.1. The Kier molecular flexibility index (Phi) is 6.55. The zero-order valence-corrected chi connectivity index (χ0v) is 18.5. The number of rotatable bonds is 7. The molecule has 0 radical (unpaired) electrons. The Morgan fingerprint density at radius 1 is 0.771 bits per heavy atom. The van der Waals surface area contributed by atoms with E-state index in [1.165, 1.54) is 59.9 Å². The lowest BCUT2D eigenvalue weighted by molar-refractivity contribution is -0.385. The lowest BCUT2D eigenvalue weighted by Crippen LogP contribution is -2.12. The summed E-state index contributed by atoms with van der Waals surface area (Å²) in [5.41, 5.74) is 1.73. The molecule has 0 bridgehead atoms. The van der Waals surface area contributed by atoms with Crippen molar-refractivity contribution in [2.24, 2.45) is 0 Å². The molecule has 0 saturated heterocycles. The summed E-state index contributed by atoms with van der Waals surface area (Å²) < 4.78 is 0. The van der Waals surface area contributed by atoms with E-state index < -0.39 is 21.7 Å². The number of nitro benzene ring substituents is 2. The Bertz CT molecular complexity index is 1450. The van der Waals surface area contributed by atoms with Crippen LogP contribution in [0, 0.1) is 20.2 Å². The first kappa shape index (κ1) is 23.2. The van der Waals surface area contributed by atoms with Crippen molar-refractivity contribution in [3.8, 4) is 11.3 Å². The van der Waals surface area contributed by atoms with Crippen LogP contribution in [-0.4, -0.2) is 26.6 Å². The maximum absolute atomic E-state index is 12.4. The Labute approximate surface area is 201 Å². The van der Waals surface area contributed by atoms with Gasteiger partial charge in [0.25, 0.3) is 23.2 Å². The molecule has 3 aromatic carbocycles. The minimum absolute atomic E-state index is 0.139. The van der Waals surface area contributed by atoms with Gasteiger partial charge >= 0.3 is 0 Å². The molecule has 0 atom stereocenters. The second-order valence-electron chi connectivity index (χ2n) is 7.14. The van der Waals surface area contributed by atoms with E-state index in [2.05, 4.69) is 15.6 Å². The standard InChI is InChI=1S/C23H15N5O6S/c29-21(15-3-1-5-18(11-15)27(31)32)24-17-9-7-14(8-10-17)20-13-35-23(25-20)26-22(30)16-4-2-6-19(12-16)28(33)34/h1-13H,(H,24,29)(H,25,26,30). The van der Waals surface area contributed by atoms with Crippen molar-refractivity contribution >= 4 is 45.3 Å². The average Bonchev–Trinajstić information content (AvgIpc) is 3.33. The Balaban J connectivity index is 1.42. The fourth-order valence-corrected chi connectivity index (χ4v) is 3.80. The van der Waals surface area contributed by atoms with Crippen molar-refractivity contribution in [1.82, 2.24) is 4.98 Å². The summed E-state index contributed by atoms with van der Waals surface area (Å²) in [6.45, 7) is 0. The summed E-state index contributed by atoms with van der Waals surface area (Å²) >= 11 is 1.19. The molecule has 0 fully saturated rings. The van der Waals surface area contributed by atoms with Crippen molar-refractivity contribution in [2.75, 3.05) is 10.6 Å². The molecule has 0 saturated carbocycles. The molecule has 4 rings (SSSR count). The molecule has 2 N–H and O–H groups in total. The molecule has 0 aliphatic rings. The minimum Gasteiger partial charge on any atom is -0.322 e. The molecular weight excluding hydrogens is 474 g/mol. The highest BCUT2D eigenvalue weighted by Crippen LogP contribution is 2.27. The van der Waals surface area contributed by atoms with E-state index in [9.17, 15) is 29.8 Å². The average molecular weight is 489 g/mol. The Morgan fingerprint density at radius 3 is 1.86 bits per heavy atom. The maximum atomic E-state index is 12.4. The SMILES string of the molecule is O=C(Nc1ccc(-c2csc(NC(=O)c3cccc([N+](=O)[O-])c3)n2)cc1)c1cccc([N+](=O)[O-])c1. The minimum atomic E-state index is -0.575. The van der Waals surface area contributed by atoms with E-state index in [-0.39, 0.29) is 22.5 Å². The molecule has 1 aromatic heterocycles. The molecule has 4 aromatic rings. The van der Waals surface area contributed by atoms with Gasteiger partial charge in [0.15, 0.2) is 5.13 Å². The second-order valence-corrected chi connectivity index (χ2v) is 8.00. The quantitative estimate of drug-likeness (QED) is 0.269. The monoisotopic (exact) mass is 489 g/mol. The van der Waals surface area contributed by atoms with Gasteiger partial charge in [-0.1, -0.05) is 24.3 Å². The topological polar surface area (TPSA) is 157 Å². The summed E-state index contributed by atoms with van der Waals surface area (Å²) in [7, 11) is 0. The number of anilines is 2. The van der Waals surface area contributed by atoms with Gasteiger partial charge in [-0.3, -0.25) is 35.1 Å². The van der Waals surface area contributed by atoms with Crippen LogP contribution in [0.4, 0.5) is 22.2 Å². The molecule has 0 unspecified atom stereocenters. The number of nitrogens with one attached hydrogen (secondary N) is 2. The number of aromatic nitrogens is 1. The highest BCUT2D eigenvalue weighted by molar-refractivity contribution is 7.14. The number of carbonyl (C=O) groups excluding carboxylic acids is 2. The van der Waals surface area contributed by atoms with Crippen LogP contribution in [0.15, 0.2) is 78.2 Å². The van der Waals surface area contributed by atoms with Crippen LogP contribution in [0.5, 0.6) is 0 Å². The third-order valence-corrected chi connectivity index (χ3v) is 5.56. The van der Waals surface area contributed by atoms with Gasteiger partial charge in [0.05, 0.1) is 15.5 Å². The molecular formula is C23H15N5O6S. The van der Waals surface area contributed by atoms with Crippen LogP contribution in [0.25, 0.3) is 11.3 Å². The predicted molar refractivity (Wildman–Crippen MR) is 130 cm³/mol. The number of thiazole rings is 1. The first-order valence-corrected chi connectivity index (χ1v) is 10.9. The molecule has 0 aliphatic heterocycles. The molecule has 12 heteroatoms. The molecule has 11 nitrogen and oxygen atoms in total. The number of nitrogens with zero attached hydrogens (tertiary/aromatic N) is 3. The Morgan fingerprint density at radius 2 is 1.31 bits per heavy atom. The molecule has 0 aliphatic carbocycles. The number of hydrogen-bond donors (Lipinski definition) is 2. The van der Waals surface area contributed by atoms with Gasteiger partial charge in [-0.05, 0) is 24.3 Å². The van der Waals surface area contributed by atoms with Crippen LogP contribution < -0.4 is 10.6 Å². The fraction of sp³-hybridized carbons (Fsp3) is 0. The number of nitro groups is 2. The van der Waals surface area contributed by atoms with Gasteiger partial charge in [-0.15, -0.1) is 11.3 Å². The Hall–Kier alpha value is -4.97. The number of non-ortho nitro benzene ring substituents is 2. The van der Waals surface area contributed by atoms with Gasteiger partial charge < -0.3 is 5.32 Å². The molecule has 1 heterocycles. The number of hydrogen-bond acceptors (Lipinski definition) is 8. The van der Waals surface area contributed by atoms with Gasteiger partial charge in [0.1, 0.15) is 0 Å². The summed E-state index contributed by atoms with van der Waals surface area (Å²) in [5.74, 6) is -1.00. The number of amides is 2. The van der Waals surface area contributed by atoms with Crippen LogP contribution >= 0.6 is 11.3 Å². The summed E-state index contributed by atoms with van der Waals surface area (Å²) in [4.78, 5) is 49.8.